The quantitative estimate of drug-likeness (QED) is 0.865. The van der Waals surface area contributed by atoms with E-state index in [0.717, 1.165) is 5.69 Å². The Morgan fingerprint density at radius 2 is 2.10 bits per heavy atom. The first-order valence-corrected chi connectivity index (χ1v) is 6.37. The highest BCUT2D eigenvalue weighted by atomic mass is 16.5. The summed E-state index contributed by atoms with van der Waals surface area (Å²) < 4.78 is 4.62. The maximum absolute atomic E-state index is 11.4. The Balaban J connectivity index is 2.21. The molecule has 0 atom stereocenters. The van der Waals surface area contributed by atoms with E-state index in [0.29, 0.717) is 11.7 Å². The monoisotopic (exact) mass is 271 g/mol. The fraction of sp³-hybridized carbons (Fsp3) is 0.267. The van der Waals surface area contributed by atoms with Crippen LogP contribution in [0.5, 0.6) is 0 Å². The standard InChI is InChI=1S/C15H17N3O2/c1-10(2)11-5-4-6-12(7-11)17-14-9-16-8-13(18-14)15(19)20-3/h4-10H,1-3H3,(H,17,18). The molecule has 1 heterocycles. The van der Waals surface area contributed by atoms with Crippen LogP contribution in [-0.2, 0) is 4.74 Å². The molecule has 0 fully saturated rings. The molecule has 104 valence electrons. The van der Waals surface area contributed by atoms with Crippen molar-refractivity contribution in [3.05, 3.63) is 47.9 Å². The summed E-state index contributed by atoms with van der Waals surface area (Å²) in [4.78, 5) is 19.6. The van der Waals surface area contributed by atoms with Gasteiger partial charge in [-0.3, -0.25) is 4.98 Å². The third-order valence-corrected chi connectivity index (χ3v) is 2.85. The van der Waals surface area contributed by atoms with Crippen molar-refractivity contribution >= 4 is 17.5 Å². The van der Waals surface area contributed by atoms with E-state index >= 15 is 0 Å². The molecule has 1 aromatic heterocycles. The van der Waals surface area contributed by atoms with Gasteiger partial charge in [-0.2, -0.15) is 0 Å². The van der Waals surface area contributed by atoms with Crippen LogP contribution in [0.1, 0.15) is 35.8 Å². The fourth-order valence-electron chi connectivity index (χ4n) is 1.75. The largest absolute Gasteiger partial charge is 0.464 e. The molecule has 2 rings (SSSR count). The molecule has 5 nitrogen and oxygen atoms in total. The van der Waals surface area contributed by atoms with E-state index in [2.05, 4.69) is 46.0 Å². The first-order chi connectivity index (χ1) is 9.60. The summed E-state index contributed by atoms with van der Waals surface area (Å²) >= 11 is 0. The van der Waals surface area contributed by atoms with Crippen molar-refractivity contribution in [1.29, 1.82) is 0 Å². The molecule has 0 radical (unpaired) electrons. The predicted octanol–water partition coefficient (Wildman–Crippen LogP) is 3.13. The van der Waals surface area contributed by atoms with Crippen LogP contribution in [0.4, 0.5) is 11.5 Å². The molecule has 20 heavy (non-hydrogen) atoms. The Morgan fingerprint density at radius 1 is 1.30 bits per heavy atom. The molecule has 5 heteroatoms. The van der Waals surface area contributed by atoms with Gasteiger partial charge >= 0.3 is 5.97 Å². The van der Waals surface area contributed by atoms with Crippen LogP contribution in [0, 0.1) is 0 Å². The van der Waals surface area contributed by atoms with Gasteiger partial charge in [-0.1, -0.05) is 26.0 Å². The summed E-state index contributed by atoms with van der Waals surface area (Å²) in [6, 6.07) is 8.05. The van der Waals surface area contributed by atoms with Gasteiger partial charge < -0.3 is 10.1 Å². The van der Waals surface area contributed by atoms with Crippen LogP contribution in [-0.4, -0.2) is 23.0 Å². The minimum atomic E-state index is -0.503. The summed E-state index contributed by atoms with van der Waals surface area (Å²) in [5.41, 5.74) is 2.32. The third kappa shape index (κ3) is 3.32. The topological polar surface area (TPSA) is 64.1 Å². The summed E-state index contributed by atoms with van der Waals surface area (Å²) in [6.45, 7) is 4.27. The van der Waals surface area contributed by atoms with E-state index in [4.69, 9.17) is 0 Å². The molecule has 1 N–H and O–H groups in total. The Bertz CT molecular complexity index is 612. The zero-order valence-electron chi connectivity index (χ0n) is 11.8. The maximum Gasteiger partial charge on any atom is 0.358 e. The number of aromatic nitrogens is 2. The van der Waals surface area contributed by atoms with Crippen LogP contribution >= 0.6 is 0 Å². The van der Waals surface area contributed by atoms with Crippen molar-refractivity contribution in [1.82, 2.24) is 9.97 Å². The summed E-state index contributed by atoms with van der Waals surface area (Å²) in [6.07, 6.45) is 2.94. The van der Waals surface area contributed by atoms with Crippen molar-refractivity contribution in [2.24, 2.45) is 0 Å². The van der Waals surface area contributed by atoms with Crippen LogP contribution in [0.3, 0.4) is 0 Å². The molecule has 0 amide bonds. The Kier molecular flexibility index (Phi) is 4.30. The number of carbonyl (C=O) groups excluding carboxylic acids is 1. The molecule has 0 spiro atoms. The molecule has 2 aromatic rings. The van der Waals surface area contributed by atoms with Gasteiger partial charge in [0.1, 0.15) is 5.82 Å². The van der Waals surface area contributed by atoms with E-state index in [1.54, 1.807) is 6.20 Å². The highest BCUT2D eigenvalue weighted by molar-refractivity contribution is 5.87. The highest BCUT2D eigenvalue weighted by Gasteiger charge is 2.09. The first-order valence-electron chi connectivity index (χ1n) is 6.37. The minimum Gasteiger partial charge on any atom is -0.464 e. The third-order valence-electron chi connectivity index (χ3n) is 2.85. The van der Waals surface area contributed by atoms with Crippen molar-refractivity contribution in [2.75, 3.05) is 12.4 Å². The Morgan fingerprint density at radius 3 is 2.80 bits per heavy atom. The number of hydrogen-bond acceptors (Lipinski definition) is 5. The second-order valence-electron chi connectivity index (χ2n) is 4.69. The van der Waals surface area contributed by atoms with Gasteiger partial charge in [-0.05, 0) is 23.6 Å². The average molecular weight is 271 g/mol. The number of carbonyl (C=O) groups is 1. The predicted molar refractivity (Wildman–Crippen MR) is 77.2 cm³/mol. The molecule has 0 bridgehead atoms. The van der Waals surface area contributed by atoms with Crippen LogP contribution in [0.2, 0.25) is 0 Å². The lowest BCUT2D eigenvalue weighted by Gasteiger charge is -2.10. The van der Waals surface area contributed by atoms with Crippen LogP contribution in [0.15, 0.2) is 36.7 Å². The van der Waals surface area contributed by atoms with Gasteiger partial charge in [0.2, 0.25) is 0 Å². The summed E-state index contributed by atoms with van der Waals surface area (Å²) in [5, 5.41) is 3.14. The maximum atomic E-state index is 11.4. The van der Waals surface area contributed by atoms with E-state index in [-0.39, 0.29) is 5.69 Å². The number of nitrogens with one attached hydrogen (secondary N) is 1. The number of nitrogens with zero attached hydrogens (tertiary/aromatic N) is 2. The second-order valence-corrected chi connectivity index (χ2v) is 4.69. The highest BCUT2D eigenvalue weighted by Crippen LogP contribution is 2.20. The molecule has 0 aliphatic rings. The number of anilines is 2. The molecule has 0 saturated carbocycles. The molecular formula is C15H17N3O2. The van der Waals surface area contributed by atoms with Crippen molar-refractivity contribution in [3.8, 4) is 0 Å². The normalized spacial score (nSPS) is 10.4. The SMILES string of the molecule is COC(=O)c1cncc(Nc2cccc(C(C)C)c2)n1. The first kappa shape index (κ1) is 14.0. The van der Waals surface area contributed by atoms with Crippen molar-refractivity contribution in [3.63, 3.8) is 0 Å². The van der Waals surface area contributed by atoms with Gasteiger partial charge in [-0.25, -0.2) is 9.78 Å². The van der Waals surface area contributed by atoms with Gasteiger partial charge in [0.25, 0.3) is 0 Å². The van der Waals surface area contributed by atoms with E-state index in [1.165, 1.54) is 18.9 Å². The molecule has 0 aliphatic heterocycles. The Labute approximate surface area is 118 Å². The lowest BCUT2D eigenvalue weighted by molar-refractivity contribution is 0.0593. The molecule has 0 saturated heterocycles. The number of hydrogen-bond donors (Lipinski definition) is 1. The number of rotatable bonds is 4. The van der Waals surface area contributed by atoms with Crippen LogP contribution in [0.25, 0.3) is 0 Å². The number of benzene rings is 1. The van der Waals surface area contributed by atoms with Crippen molar-refractivity contribution in [2.45, 2.75) is 19.8 Å². The lowest BCUT2D eigenvalue weighted by atomic mass is 10.0. The average Bonchev–Trinajstić information content (AvgIpc) is 2.47. The smallest absolute Gasteiger partial charge is 0.358 e. The molecule has 0 aliphatic carbocycles. The van der Waals surface area contributed by atoms with Crippen molar-refractivity contribution < 1.29 is 9.53 Å². The van der Waals surface area contributed by atoms with E-state index in [9.17, 15) is 4.79 Å². The van der Waals surface area contributed by atoms with E-state index in [1.807, 2.05) is 12.1 Å². The number of methoxy groups -OCH3 is 1. The van der Waals surface area contributed by atoms with Gasteiger partial charge in [-0.15, -0.1) is 0 Å². The summed E-state index contributed by atoms with van der Waals surface area (Å²) in [5.74, 6) is 0.454. The molecule has 1 aromatic carbocycles. The number of esters is 1. The molecule has 0 unspecified atom stereocenters. The zero-order valence-corrected chi connectivity index (χ0v) is 11.8. The second kappa shape index (κ2) is 6.14. The fourth-order valence-corrected chi connectivity index (χ4v) is 1.75. The van der Waals surface area contributed by atoms with Crippen LogP contribution < -0.4 is 5.32 Å². The Hall–Kier alpha value is -2.43. The zero-order chi connectivity index (χ0) is 14.5. The van der Waals surface area contributed by atoms with Gasteiger partial charge in [0, 0.05) is 5.69 Å². The van der Waals surface area contributed by atoms with Gasteiger partial charge in [0.05, 0.1) is 19.5 Å². The van der Waals surface area contributed by atoms with E-state index < -0.39 is 5.97 Å². The summed E-state index contributed by atoms with van der Waals surface area (Å²) in [7, 11) is 1.32. The number of ether oxygens (including phenoxy) is 1. The lowest BCUT2D eigenvalue weighted by Crippen LogP contribution is -2.06. The minimum absolute atomic E-state index is 0.178. The van der Waals surface area contributed by atoms with Gasteiger partial charge in [0.15, 0.2) is 5.69 Å². The molecular weight excluding hydrogens is 254 g/mol.